The first-order valence-electron chi connectivity index (χ1n) is 8.77. The summed E-state index contributed by atoms with van der Waals surface area (Å²) in [5, 5.41) is 10.2. The molecule has 138 valence electrons. The highest BCUT2D eigenvalue weighted by molar-refractivity contribution is 7.92. The number of sulfone groups is 1. The molecule has 0 radical (unpaired) electrons. The third kappa shape index (κ3) is 3.58. The van der Waals surface area contributed by atoms with Crippen LogP contribution in [0.3, 0.4) is 0 Å². The Kier molecular flexibility index (Phi) is 4.33. The van der Waals surface area contributed by atoms with E-state index >= 15 is 0 Å². The summed E-state index contributed by atoms with van der Waals surface area (Å²) < 4.78 is 28.4. The van der Waals surface area contributed by atoms with Crippen LogP contribution in [0.5, 0.6) is 0 Å². The number of H-pyrrole nitrogens is 1. The Balaban J connectivity index is 1.41. The van der Waals surface area contributed by atoms with E-state index in [-0.39, 0.29) is 35.5 Å². The highest BCUT2D eigenvalue weighted by Gasteiger charge is 2.43. The van der Waals surface area contributed by atoms with Gasteiger partial charge in [-0.15, -0.1) is 0 Å². The van der Waals surface area contributed by atoms with E-state index < -0.39 is 9.84 Å². The van der Waals surface area contributed by atoms with E-state index in [4.69, 9.17) is 4.74 Å². The van der Waals surface area contributed by atoms with Gasteiger partial charge in [0.1, 0.15) is 0 Å². The van der Waals surface area contributed by atoms with E-state index in [1.165, 1.54) is 0 Å². The molecule has 3 fully saturated rings. The molecule has 3 aliphatic rings. The maximum atomic E-state index is 12.6. The predicted molar refractivity (Wildman–Crippen MR) is 90.6 cm³/mol. The van der Waals surface area contributed by atoms with Crippen LogP contribution in [0.1, 0.15) is 24.2 Å². The largest absolute Gasteiger partial charge is 0.377 e. The van der Waals surface area contributed by atoms with Crippen molar-refractivity contribution >= 4 is 15.7 Å². The number of rotatable bonds is 4. The summed E-state index contributed by atoms with van der Waals surface area (Å²) in [4.78, 5) is 14.9. The van der Waals surface area contributed by atoms with Crippen LogP contribution in [0.25, 0.3) is 0 Å². The second kappa shape index (κ2) is 6.37. The summed E-state index contributed by atoms with van der Waals surface area (Å²) in [6, 6.07) is 2.11. The number of hydrogen-bond donors (Lipinski definition) is 2. The third-order valence-electron chi connectivity index (χ3n) is 5.37. The van der Waals surface area contributed by atoms with Crippen LogP contribution in [0.2, 0.25) is 0 Å². The molecule has 3 saturated heterocycles. The molecule has 4 heterocycles. The Bertz CT molecular complexity index is 750. The van der Waals surface area contributed by atoms with Crippen molar-refractivity contribution in [2.24, 2.45) is 5.92 Å². The van der Waals surface area contributed by atoms with Crippen molar-refractivity contribution in [3.05, 3.63) is 17.5 Å². The van der Waals surface area contributed by atoms with Gasteiger partial charge in [-0.3, -0.25) is 14.8 Å². The molecule has 1 aromatic rings. The zero-order valence-electron chi connectivity index (χ0n) is 14.3. The Labute approximate surface area is 147 Å². The molecule has 0 bridgehead atoms. The fourth-order valence-electron chi connectivity index (χ4n) is 4.16. The van der Waals surface area contributed by atoms with Crippen LogP contribution < -0.4 is 5.32 Å². The summed E-state index contributed by atoms with van der Waals surface area (Å²) in [6.07, 6.45) is 1.74. The lowest BCUT2D eigenvalue weighted by Gasteiger charge is -2.40. The van der Waals surface area contributed by atoms with Gasteiger partial charge in [0, 0.05) is 31.4 Å². The number of carbonyl (C=O) groups is 1. The quantitative estimate of drug-likeness (QED) is 0.750. The van der Waals surface area contributed by atoms with Crippen LogP contribution in [-0.2, 0) is 25.9 Å². The number of likely N-dealkylation sites (tertiary alicyclic amines) is 1. The van der Waals surface area contributed by atoms with Crippen LogP contribution in [-0.4, -0.2) is 72.3 Å². The molecule has 8 nitrogen and oxygen atoms in total. The van der Waals surface area contributed by atoms with Gasteiger partial charge in [-0.05, 0) is 25.8 Å². The van der Waals surface area contributed by atoms with Gasteiger partial charge >= 0.3 is 0 Å². The van der Waals surface area contributed by atoms with E-state index in [1.807, 2.05) is 13.0 Å². The highest BCUT2D eigenvalue weighted by atomic mass is 32.2. The molecule has 0 saturated carbocycles. The van der Waals surface area contributed by atoms with Crippen LogP contribution in [0.15, 0.2) is 6.07 Å². The van der Waals surface area contributed by atoms with Crippen molar-refractivity contribution in [1.82, 2.24) is 20.4 Å². The minimum atomic E-state index is -2.93. The molecule has 0 spiro atoms. The Morgan fingerprint density at radius 2 is 2.28 bits per heavy atom. The van der Waals surface area contributed by atoms with Crippen molar-refractivity contribution in [2.75, 3.05) is 24.7 Å². The molecule has 2 N–H and O–H groups in total. The molecular weight excluding hydrogens is 344 g/mol. The molecule has 0 unspecified atom stereocenters. The van der Waals surface area contributed by atoms with E-state index in [2.05, 4.69) is 20.4 Å². The maximum absolute atomic E-state index is 12.6. The van der Waals surface area contributed by atoms with Gasteiger partial charge in [0.25, 0.3) is 0 Å². The van der Waals surface area contributed by atoms with Crippen molar-refractivity contribution in [2.45, 2.75) is 44.5 Å². The van der Waals surface area contributed by atoms with Crippen LogP contribution in [0.4, 0.5) is 0 Å². The monoisotopic (exact) mass is 368 g/mol. The number of hydrogen-bond acceptors (Lipinski definition) is 6. The second-order valence-electron chi connectivity index (χ2n) is 7.45. The van der Waals surface area contributed by atoms with E-state index in [9.17, 15) is 13.2 Å². The van der Waals surface area contributed by atoms with Gasteiger partial charge in [0.15, 0.2) is 9.84 Å². The van der Waals surface area contributed by atoms with E-state index in [0.29, 0.717) is 25.6 Å². The third-order valence-corrected chi connectivity index (χ3v) is 7.19. The number of nitrogens with one attached hydrogen (secondary N) is 2. The van der Waals surface area contributed by atoms with Crippen molar-refractivity contribution in [3.63, 3.8) is 0 Å². The molecule has 0 aromatic carbocycles. The number of amides is 1. The molecule has 0 aliphatic carbocycles. The molecule has 4 rings (SSSR count). The number of aromatic nitrogens is 2. The summed E-state index contributed by atoms with van der Waals surface area (Å²) in [5.41, 5.74) is 1.99. The zero-order valence-corrected chi connectivity index (χ0v) is 15.1. The molecule has 3 atom stereocenters. The summed E-state index contributed by atoms with van der Waals surface area (Å²) in [7, 11) is -2.93. The molecular formula is C16H24N4O4S. The lowest BCUT2D eigenvalue weighted by Crippen LogP contribution is -2.57. The summed E-state index contributed by atoms with van der Waals surface area (Å²) in [5.74, 6) is -0.117. The maximum Gasteiger partial charge on any atom is 0.224 e. The number of nitrogens with zero attached hydrogens (tertiary/aromatic N) is 2. The van der Waals surface area contributed by atoms with Crippen molar-refractivity contribution < 1.29 is 17.9 Å². The number of fused-ring (bicyclic) bond motifs is 1. The van der Waals surface area contributed by atoms with Gasteiger partial charge in [-0.1, -0.05) is 0 Å². The molecule has 1 amide bonds. The SMILES string of the molecule is Cc1cc(CN2C[C@@H](C(=O)NC3CS(=O)(=O)C3)C[C@H]3OCC[C@H]32)n[nH]1. The molecule has 1 aromatic heterocycles. The van der Waals surface area contributed by atoms with Gasteiger partial charge in [-0.2, -0.15) is 5.10 Å². The minimum Gasteiger partial charge on any atom is -0.377 e. The zero-order chi connectivity index (χ0) is 17.6. The summed E-state index contributed by atoms with van der Waals surface area (Å²) >= 11 is 0. The van der Waals surface area contributed by atoms with Gasteiger partial charge in [0.2, 0.25) is 5.91 Å². The fraction of sp³-hybridized carbons (Fsp3) is 0.750. The Morgan fingerprint density at radius 1 is 1.48 bits per heavy atom. The fourth-order valence-corrected chi connectivity index (χ4v) is 5.45. The average molecular weight is 368 g/mol. The first-order chi connectivity index (χ1) is 11.9. The first-order valence-corrected chi connectivity index (χ1v) is 10.6. The molecule has 9 heteroatoms. The van der Waals surface area contributed by atoms with E-state index in [1.54, 1.807) is 0 Å². The normalized spacial score (nSPS) is 32.1. The predicted octanol–water partition coefficient (Wildman–Crippen LogP) is -0.389. The van der Waals surface area contributed by atoms with Gasteiger partial charge in [0.05, 0.1) is 35.3 Å². The van der Waals surface area contributed by atoms with Gasteiger partial charge in [-0.25, -0.2) is 8.42 Å². The first kappa shape index (κ1) is 17.0. The van der Waals surface area contributed by atoms with Crippen molar-refractivity contribution in [1.29, 1.82) is 0 Å². The second-order valence-corrected chi connectivity index (χ2v) is 9.61. The molecule has 3 aliphatic heterocycles. The van der Waals surface area contributed by atoms with Crippen LogP contribution >= 0.6 is 0 Å². The van der Waals surface area contributed by atoms with Gasteiger partial charge < -0.3 is 10.1 Å². The standard InChI is InChI=1S/C16H24N4O4S/c1-10-4-12(19-18-10)7-20-6-11(5-15-14(20)2-3-24-15)16(21)17-13-8-25(22,23)9-13/h4,11,13-15H,2-3,5-9H2,1H3,(H,17,21)(H,18,19)/t11-,14+,15+/m0/s1. The smallest absolute Gasteiger partial charge is 0.224 e. The lowest BCUT2D eigenvalue weighted by molar-refractivity contribution is -0.130. The van der Waals surface area contributed by atoms with Crippen molar-refractivity contribution in [3.8, 4) is 0 Å². The highest BCUT2D eigenvalue weighted by Crippen LogP contribution is 2.32. The van der Waals surface area contributed by atoms with E-state index in [0.717, 1.165) is 24.4 Å². The van der Waals surface area contributed by atoms with Crippen LogP contribution in [0, 0.1) is 12.8 Å². The minimum absolute atomic E-state index is 0.0583. The number of ether oxygens (including phenoxy) is 1. The Morgan fingerprint density at radius 3 is 2.96 bits per heavy atom. The number of carbonyl (C=O) groups excluding carboxylic acids is 1. The number of piperidine rings is 1. The Hall–Kier alpha value is -1.45. The lowest BCUT2D eigenvalue weighted by atomic mass is 9.89. The topological polar surface area (TPSA) is 104 Å². The number of aryl methyl sites for hydroxylation is 1. The molecule has 25 heavy (non-hydrogen) atoms. The average Bonchev–Trinajstić information content (AvgIpc) is 3.14. The number of aromatic amines is 1. The summed E-state index contributed by atoms with van der Waals surface area (Å²) in [6.45, 7) is 4.04.